The van der Waals surface area contributed by atoms with Crippen LogP contribution in [0, 0.1) is 12.7 Å². The van der Waals surface area contributed by atoms with E-state index in [2.05, 4.69) is 20.5 Å². The van der Waals surface area contributed by atoms with E-state index in [1.54, 1.807) is 12.1 Å². The number of nitrogens with one attached hydrogen (secondary N) is 2. The zero-order chi connectivity index (χ0) is 16.9. The van der Waals surface area contributed by atoms with E-state index in [0.29, 0.717) is 11.0 Å². The van der Waals surface area contributed by atoms with Crippen molar-refractivity contribution in [1.82, 2.24) is 15.2 Å². The average Bonchev–Trinajstić information content (AvgIpc) is 3.06. The molecule has 0 atom stereocenters. The molecule has 0 saturated heterocycles. The molecular formula is C17H15FN4OS. The molecule has 0 radical (unpaired) electrons. The normalized spacial score (nSPS) is 10.6. The Balaban J connectivity index is 1.59. The van der Waals surface area contributed by atoms with E-state index in [1.165, 1.54) is 17.8 Å². The third-order valence-electron chi connectivity index (χ3n) is 3.24. The molecule has 1 amide bonds. The molecule has 0 aliphatic rings. The SMILES string of the molecule is Cc1ccc(F)c(NC(=O)CSc2n[nH]c(-c3ccccc3)n2)c1. The summed E-state index contributed by atoms with van der Waals surface area (Å²) in [7, 11) is 0. The van der Waals surface area contributed by atoms with Crippen LogP contribution in [0.4, 0.5) is 10.1 Å². The smallest absolute Gasteiger partial charge is 0.234 e. The number of carbonyl (C=O) groups excluding carboxylic acids is 1. The minimum absolute atomic E-state index is 0.0967. The second-order valence-electron chi connectivity index (χ2n) is 5.15. The van der Waals surface area contributed by atoms with Crippen LogP contribution in [0.15, 0.2) is 53.7 Å². The van der Waals surface area contributed by atoms with E-state index in [9.17, 15) is 9.18 Å². The highest BCUT2D eigenvalue weighted by Crippen LogP contribution is 2.20. The fourth-order valence-corrected chi connectivity index (χ4v) is 2.69. The predicted octanol–water partition coefficient (Wildman–Crippen LogP) is 3.65. The van der Waals surface area contributed by atoms with Gasteiger partial charge in [-0.25, -0.2) is 9.37 Å². The van der Waals surface area contributed by atoms with Gasteiger partial charge in [0, 0.05) is 5.56 Å². The Morgan fingerprint density at radius 1 is 1.25 bits per heavy atom. The highest BCUT2D eigenvalue weighted by molar-refractivity contribution is 7.99. The molecule has 3 aromatic rings. The molecule has 0 unspecified atom stereocenters. The molecule has 7 heteroatoms. The molecule has 0 aliphatic heterocycles. The summed E-state index contributed by atoms with van der Waals surface area (Å²) in [6.45, 7) is 1.84. The fourth-order valence-electron chi connectivity index (χ4n) is 2.09. The van der Waals surface area contributed by atoms with E-state index in [4.69, 9.17) is 0 Å². The Kier molecular flexibility index (Phi) is 4.90. The Bertz CT molecular complexity index is 851. The molecule has 0 spiro atoms. The number of nitrogens with zero attached hydrogens (tertiary/aromatic N) is 2. The molecule has 122 valence electrons. The summed E-state index contributed by atoms with van der Waals surface area (Å²) in [5.74, 6) is -0.0265. The van der Waals surface area contributed by atoms with Gasteiger partial charge in [0.15, 0.2) is 5.82 Å². The van der Waals surface area contributed by atoms with Crippen LogP contribution < -0.4 is 5.32 Å². The molecule has 1 aromatic heterocycles. The summed E-state index contributed by atoms with van der Waals surface area (Å²) in [4.78, 5) is 16.3. The zero-order valence-electron chi connectivity index (χ0n) is 12.9. The maximum Gasteiger partial charge on any atom is 0.234 e. The molecule has 0 aliphatic carbocycles. The van der Waals surface area contributed by atoms with Crippen LogP contribution in [0.1, 0.15) is 5.56 Å². The lowest BCUT2D eigenvalue weighted by molar-refractivity contribution is -0.113. The number of benzene rings is 2. The second kappa shape index (κ2) is 7.27. The molecule has 0 saturated carbocycles. The average molecular weight is 342 g/mol. The Hall–Kier alpha value is -2.67. The number of halogens is 1. The topological polar surface area (TPSA) is 70.7 Å². The summed E-state index contributed by atoms with van der Waals surface area (Å²) in [5, 5.41) is 9.94. The monoisotopic (exact) mass is 342 g/mol. The molecule has 24 heavy (non-hydrogen) atoms. The number of aromatic amines is 1. The number of anilines is 1. The van der Waals surface area contributed by atoms with Gasteiger partial charge in [-0.1, -0.05) is 48.2 Å². The van der Waals surface area contributed by atoms with Crippen molar-refractivity contribution in [3.8, 4) is 11.4 Å². The van der Waals surface area contributed by atoms with E-state index in [1.807, 2.05) is 37.3 Å². The highest BCUT2D eigenvalue weighted by Gasteiger charge is 2.11. The fraction of sp³-hybridized carbons (Fsp3) is 0.118. The summed E-state index contributed by atoms with van der Waals surface area (Å²) in [5.41, 5.74) is 1.98. The molecule has 5 nitrogen and oxygen atoms in total. The molecular weight excluding hydrogens is 327 g/mol. The third-order valence-corrected chi connectivity index (χ3v) is 4.09. The van der Waals surface area contributed by atoms with Crippen LogP contribution in [0.5, 0.6) is 0 Å². The van der Waals surface area contributed by atoms with Crippen molar-refractivity contribution in [3.63, 3.8) is 0 Å². The Morgan fingerprint density at radius 3 is 2.83 bits per heavy atom. The van der Waals surface area contributed by atoms with E-state index < -0.39 is 5.82 Å². The van der Waals surface area contributed by atoms with Crippen molar-refractivity contribution in [3.05, 3.63) is 59.9 Å². The minimum Gasteiger partial charge on any atom is -0.323 e. The van der Waals surface area contributed by atoms with Gasteiger partial charge in [-0.3, -0.25) is 9.89 Å². The van der Waals surface area contributed by atoms with E-state index >= 15 is 0 Å². The number of H-pyrrole nitrogens is 1. The van der Waals surface area contributed by atoms with Crippen LogP contribution in [-0.2, 0) is 4.79 Å². The number of rotatable bonds is 5. The van der Waals surface area contributed by atoms with Crippen molar-refractivity contribution in [2.24, 2.45) is 0 Å². The first kappa shape index (κ1) is 16.2. The standard InChI is InChI=1S/C17H15FN4OS/c1-11-7-8-13(18)14(9-11)19-15(23)10-24-17-20-16(21-22-17)12-5-3-2-4-6-12/h2-9H,10H2,1H3,(H,19,23)(H,20,21,22). The van der Waals surface area contributed by atoms with E-state index in [0.717, 1.165) is 11.1 Å². The van der Waals surface area contributed by atoms with Crippen LogP contribution in [-0.4, -0.2) is 26.8 Å². The lowest BCUT2D eigenvalue weighted by Crippen LogP contribution is -2.15. The molecule has 3 rings (SSSR count). The van der Waals surface area contributed by atoms with Crippen LogP contribution in [0.3, 0.4) is 0 Å². The number of hydrogen-bond donors (Lipinski definition) is 2. The van der Waals surface area contributed by atoms with Gasteiger partial charge in [0.1, 0.15) is 5.82 Å². The molecule has 0 bridgehead atoms. The van der Waals surface area contributed by atoms with Gasteiger partial charge in [-0.05, 0) is 24.6 Å². The summed E-state index contributed by atoms with van der Waals surface area (Å²) in [6, 6.07) is 14.2. The van der Waals surface area contributed by atoms with Crippen molar-refractivity contribution >= 4 is 23.4 Å². The lowest BCUT2D eigenvalue weighted by Gasteiger charge is -2.06. The van der Waals surface area contributed by atoms with Gasteiger partial charge >= 0.3 is 0 Å². The number of aromatic nitrogens is 3. The minimum atomic E-state index is -0.455. The van der Waals surface area contributed by atoms with Gasteiger partial charge in [-0.2, -0.15) is 0 Å². The first-order chi connectivity index (χ1) is 11.6. The van der Waals surface area contributed by atoms with Gasteiger partial charge in [0.25, 0.3) is 0 Å². The Morgan fingerprint density at radius 2 is 2.04 bits per heavy atom. The molecule has 2 aromatic carbocycles. The number of carbonyl (C=O) groups is 1. The highest BCUT2D eigenvalue weighted by atomic mass is 32.2. The summed E-state index contributed by atoms with van der Waals surface area (Å²) < 4.78 is 13.6. The van der Waals surface area contributed by atoms with Crippen LogP contribution >= 0.6 is 11.8 Å². The van der Waals surface area contributed by atoms with Crippen LogP contribution in [0.25, 0.3) is 11.4 Å². The molecule has 0 fully saturated rings. The zero-order valence-corrected chi connectivity index (χ0v) is 13.7. The third kappa shape index (κ3) is 3.99. The summed E-state index contributed by atoms with van der Waals surface area (Å²) >= 11 is 1.19. The van der Waals surface area contributed by atoms with Crippen molar-refractivity contribution in [1.29, 1.82) is 0 Å². The number of thioether (sulfide) groups is 1. The summed E-state index contributed by atoms with van der Waals surface area (Å²) in [6.07, 6.45) is 0. The first-order valence-corrected chi connectivity index (χ1v) is 8.27. The lowest BCUT2D eigenvalue weighted by atomic mass is 10.2. The van der Waals surface area contributed by atoms with Crippen LogP contribution in [0.2, 0.25) is 0 Å². The first-order valence-electron chi connectivity index (χ1n) is 7.28. The largest absolute Gasteiger partial charge is 0.323 e. The van der Waals surface area contributed by atoms with Gasteiger partial charge in [-0.15, -0.1) is 5.10 Å². The Labute approximate surface area is 142 Å². The number of amides is 1. The van der Waals surface area contributed by atoms with Gasteiger partial charge < -0.3 is 5.32 Å². The van der Waals surface area contributed by atoms with Gasteiger partial charge in [0.05, 0.1) is 11.4 Å². The maximum absolute atomic E-state index is 13.6. The predicted molar refractivity (Wildman–Crippen MR) is 92.3 cm³/mol. The van der Waals surface area contributed by atoms with Crippen molar-refractivity contribution in [2.45, 2.75) is 12.1 Å². The number of aryl methyl sites for hydroxylation is 1. The van der Waals surface area contributed by atoms with Crippen molar-refractivity contribution in [2.75, 3.05) is 11.1 Å². The molecule has 1 heterocycles. The van der Waals surface area contributed by atoms with Crippen molar-refractivity contribution < 1.29 is 9.18 Å². The van der Waals surface area contributed by atoms with Gasteiger partial charge in [0.2, 0.25) is 11.1 Å². The quantitative estimate of drug-likeness (QED) is 0.694. The maximum atomic E-state index is 13.6. The van der Waals surface area contributed by atoms with E-state index in [-0.39, 0.29) is 17.3 Å². The molecule has 2 N–H and O–H groups in total. The number of hydrogen-bond acceptors (Lipinski definition) is 4. The second-order valence-corrected chi connectivity index (χ2v) is 6.10.